The predicted octanol–water partition coefficient (Wildman–Crippen LogP) is 4.69. The van der Waals surface area contributed by atoms with Crippen molar-refractivity contribution in [1.29, 1.82) is 0 Å². The number of pyridine rings is 3. The van der Waals surface area contributed by atoms with Gasteiger partial charge in [0, 0.05) is 17.9 Å². The lowest BCUT2D eigenvalue weighted by atomic mass is 9.88. The van der Waals surface area contributed by atoms with Crippen LogP contribution in [0, 0.1) is 0 Å². The Hall–Kier alpha value is -3.26. The molecule has 0 radical (unpaired) electrons. The zero-order valence-corrected chi connectivity index (χ0v) is 19.4. The van der Waals surface area contributed by atoms with E-state index in [-0.39, 0.29) is 12.1 Å². The number of carbonyl (C=O) groups excluding carboxylic acids is 1. The molecule has 2 atom stereocenters. The third-order valence-electron chi connectivity index (χ3n) is 6.75. The first-order chi connectivity index (χ1) is 15.7. The Morgan fingerprint density at radius 1 is 1.21 bits per heavy atom. The first-order valence-electron chi connectivity index (χ1n) is 11.5. The second-order valence-electron chi connectivity index (χ2n) is 9.37. The number of hydrogen-bond donors (Lipinski definition) is 2. The number of cyclic esters (lactones) is 1. The molecule has 1 aliphatic carbocycles. The number of fused-ring (bicyclic) bond motifs is 2. The van der Waals surface area contributed by atoms with E-state index in [1.807, 2.05) is 33.0 Å². The van der Waals surface area contributed by atoms with Gasteiger partial charge < -0.3 is 20.5 Å². The average Bonchev–Trinajstić information content (AvgIpc) is 3.58. The smallest absolute Gasteiger partial charge is 0.341 e. The van der Waals surface area contributed by atoms with Crippen molar-refractivity contribution in [2.75, 3.05) is 5.32 Å². The van der Waals surface area contributed by atoms with Crippen LogP contribution in [0.25, 0.3) is 10.8 Å². The topological polar surface area (TPSA) is 112 Å². The van der Waals surface area contributed by atoms with Gasteiger partial charge in [-0.15, -0.1) is 0 Å². The maximum atomic E-state index is 12.2. The van der Waals surface area contributed by atoms with Crippen molar-refractivity contribution in [3.8, 4) is 5.88 Å². The molecule has 1 saturated carbocycles. The van der Waals surface area contributed by atoms with Crippen LogP contribution in [0.2, 0.25) is 0 Å². The lowest BCUT2D eigenvalue weighted by Gasteiger charge is -2.25. The molecule has 5 rings (SSSR count). The minimum Gasteiger partial charge on any atom is -0.474 e. The van der Waals surface area contributed by atoms with Gasteiger partial charge in [-0.25, -0.2) is 19.7 Å². The number of nitrogens with zero attached hydrogens (tertiary/aromatic N) is 3. The molecule has 33 heavy (non-hydrogen) atoms. The van der Waals surface area contributed by atoms with E-state index in [2.05, 4.69) is 22.2 Å². The second kappa shape index (κ2) is 7.66. The largest absolute Gasteiger partial charge is 0.474 e. The fourth-order valence-corrected chi connectivity index (χ4v) is 4.04. The highest BCUT2D eigenvalue weighted by Crippen LogP contribution is 2.39. The maximum Gasteiger partial charge on any atom is 0.341 e. The van der Waals surface area contributed by atoms with E-state index in [4.69, 9.17) is 20.2 Å². The fourth-order valence-electron chi connectivity index (χ4n) is 4.04. The number of carbonyl (C=O) groups is 1. The lowest BCUT2D eigenvalue weighted by molar-refractivity contribution is -0.00220. The van der Waals surface area contributed by atoms with E-state index < -0.39 is 11.1 Å². The molecule has 8 nitrogen and oxygen atoms in total. The number of ether oxygens (including phenoxy) is 2. The second-order valence-corrected chi connectivity index (χ2v) is 9.37. The van der Waals surface area contributed by atoms with Crippen LogP contribution >= 0.6 is 0 Å². The highest BCUT2D eigenvalue weighted by atomic mass is 16.6. The number of nitrogens with two attached hydrogens (primary N) is 1. The average molecular weight is 448 g/mol. The number of aromatic nitrogens is 3. The molecule has 172 valence electrons. The number of anilines is 2. The Bertz CT molecular complexity index is 1250. The molecule has 0 saturated heterocycles. The molecule has 0 bridgehead atoms. The van der Waals surface area contributed by atoms with E-state index >= 15 is 0 Å². The third kappa shape index (κ3) is 3.78. The lowest BCUT2D eigenvalue weighted by Crippen LogP contribution is -2.32. The van der Waals surface area contributed by atoms with Gasteiger partial charge in [-0.1, -0.05) is 13.8 Å². The van der Waals surface area contributed by atoms with Crippen LogP contribution in [0.3, 0.4) is 0 Å². The van der Waals surface area contributed by atoms with Gasteiger partial charge in [-0.3, -0.25) is 0 Å². The molecule has 1 fully saturated rings. The van der Waals surface area contributed by atoms with Gasteiger partial charge in [0.2, 0.25) is 5.88 Å². The van der Waals surface area contributed by atoms with Gasteiger partial charge in [-0.05, 0) is 68.7 Å². The molecule has 4 heterocycles. The SMILES string of the molecule is CC[C@@]1(C)OC(=O)c2ccc(Nc3cc4c([C@](C)(N)CC)cnc(OC5CC5)c4cn3)nc21. The van der Waals surface area contributed by atoms with Crippen LogP contribution in [-0.4, -0.2) is 27.0 Å². The van der Waals surface area contributed by atoms with Gasteiger partial charge in [0.1, 0.15) is 23.4 Å². The van der Waals surface area contributed by atoms with E-state index in [0.717, 1.165) is 35.6 Å². The first-order valence-corrected chi connectivity index (χ1v) is 11.5. The molecule has 0 amide bonds. The van der Waals surface area contributed by atoms with E-state index in [1.54, 1.807) is 18.3 Å². The van der Waals surface area contributed by atoms with Crippen molar-refractivity contribution in [1.82, 2.24) is 15.0 Å². The summed E-state index contributed by atoms with van der Waals surface area (Å²) >= 11 is 0. The summed E-state index contributed by atoms with van der Waals surface area (Å²) in [5.74, 6) is 1.47. The summed E-state index contributed by atoms with van der Waals surface area (Å²) in [5, 5.41) is 5.07. The van der Waals surface area contributed by atoms with Gasteiger partial charge >= 0.3 is 5.97 Å². The fraction of sp³-hybridized carbons (Fsp3) is 0.440. The van der Waals surface area contributed by atoms with Crippen molar-refractivity contribution in [2.45, 2.75) is 70.6 Å². The first kappa shape index (κ1) is 21.6. The minimum atomic E-state index is -0.725. The number of esters is 1. The zero-order valence-electron chi connectivity index (χ0n) is 19.4. The molecular formula is C25H29N5O3. The Balaban J connectivity index is 1.55. The Kier molecular flexibility index (Phi) is 5.01. The molecular weight excluding hydrogens is 418 g/mol. The highest BCUT2D eigenvalue weighted by Gasteiger charge is 2.42. The van der Waals surface area contributed by atoms with Crippen molar-refractivity contribution in [3.05, 3.63) is 47.4 Å². The molecule has 8 heteroatoms. The van der Waals surface area contributed by atoms with Gasteiger partial charge in [0.25, 0.3) is 0 Å². The van der Waals surface area contributed by atoms with Crippen LogP contribution in [-0.2, 0) is 15.9 Å². The monoisotopic (exact) mass is 447 g/mol. The summed E-state index contributed by atoms with van der Waals surface area (Å²) in [5.41, 5.74) is 7.43. The van der Waals surface area contributed by atoms with Crippen LogP contribution in [0.5, 0.6) is 5.88 Å². The summed E-state index contributed by atoms with van der Waals surface area (Å²) in [4.78, 5) is 26.1. The third-order valence-corrected chi connectivity index (χ3v) is 6.75. The molecule has 3 aromatic rings. The molecule has 0 aromatic carbocycles. The maximum absolute atomic E-state index is 12.2. The van der Waals surface area contributed by atoms with E-state index in [1.165, 1.54) is 0 Å². The van der Waals surface area contributed by atoms with Crippen LogP contribution in [0.1, 0.15) is 75.0 Å². The molecule has 1 aliphatic heterocycles. The molecule has 3 N–H and O–H groups in total. The van der Waals surface area contributed by atoms with Crippen molar-refractivity contribution in [3.63, 3.8) is 0 Å². The van der Waals surface area contributed by atoms with Crippen LogP contribution in [0.15, 0.2) is 30.6 Å². The molecule has 3 aromatic heterocycles. The van der Waals surface area contributed by atoms with Crippen LogP contribution in [0.4, 0.5) is 11.6 Å². The highest BCUT2D eigenvalue weighted by molar-refractivity contribution is 5.94. The molecule has 2 aliphatic rings. The Morgan fingerprint density at radius 2 is 2.00 bits per heavy atom. The summed E-state index contributed by atoms with van der Waals surface area (Å²) in [7, 11) is 0. The number of hydrogen-bond acceptors (Lipinski definition) is 8. The molecule has 0 unspecified atom stereocenters. The van der Waals surface area contributed by atoms with Gasteiger partial charge in [-0.2, -0.15) is 0 Å². The summed E-state index contributed by atoms with van der Waals surface area (Å²) in [6.07, 6.45) is 7.32. The summed E-state index contributed by atoms with van der Waals surface area (Å²) in [6, 6.07) is 5.48. The summed E-state index contributed by atoms with van der Waals surface area (Å²) in [6.45, 7) is 7.92. The van der Waals surface area contributed by atoms with E-state index in [9.17, 15) is 4.79 Å². The minimum absolute atomic E-state index is 0.230. The van der Waals surface area contributed by atoms with Crippen LogP contribution < -0.4 is 15.8 Å². The van der Waals surface area contributed by atoms with Gasteiger partial charge in [0.15, 0.2) is 5.60 Å². The zero-order chi connectivity index (χ0) is 23.4. The molecule has 0 spiro atoms. The number of rotatable bonds is 7. The summed E-state index contributed by atoms with van der Waals surface area (Å²) < 4.78 is 11.6. The number of nitrogens with one attached hydrogen (secondary N) is 1. The normalized spacial score (nSPS) is 21.4. The standard InChI is InChI=1S/C25H29N5O3/c1-5-24(3,26)18-13-28-22(32-14-7-8-14)17-12-27-20(11-16(17)18)29-19-10-9-15-21(30-19)25(4,6-2)33-23(15)31/h9-14H,5-8,26H2,1-4H3,(H,27,29,30)/t24-,25-/m1/s1. The van der Waals surface area contributed by atoms with E-state index in [0.29, 0.717) is 35.2 Å². The van der Waals surface area contributed by atoms with Crippen molar-refractivity contribution < 1.29 is 14.3 Å². The quantitative estimate of drug-likeness (QED) is 0.502. The predicted molar refractivity (Wildman–Crippen MR) is 126 cm³/mol. The Labute approximate surface area is 192 Å². The Morgan fingerprint density at radius 3 is 2.70 bits per heavy atom. The van der Waals surface area contributed by atoms with Crippen molar-refractivity contribution in [2.24, 2.45) is 5.73 Å². The van der Waals surface area contributed by atoms with Gasteiger partial charge in [0.05, 0.1) is 10.9 Å². The van der Waals surface area contributed by atoms with Crippen molar-refractivity contribution >= 4 is 28.4 Å².